The predicted molar refractivity (Wildman–Crippen MR) is 49.7 cm³/mol. The highest BCUT2D eigenvalue weighted by molar-refractivity contribution is 9.09. The molecule has 0 radical (unpaired) electrons. The van der Waals surface area contributed by atoms with Crippen LogP contribution in [0.2, 0.25) is 0 Å². The van der Waals surface area contributed by atoms with Crippen LogP contribution in [0.1, 0.15) is 10.7 Å². The van der Waals surface area contributed by atoms with Gasteiger partial charge in [-0.25, -0.2) is 4.98 Å². The highest BCUT2D eigenvalue weighted by Crippen LogP contribution is 2.09. The minimum Gasteiger partial charge on any atom is -0.242 e. The Morgan fingerprint density at radius 2 is 2.60 bits per heavy atom. The molecule has 0 atom stereocenters. The molecule has 1 nitrogen and oxygen atoms in total. The zero-order chi connectivity index (χ0) is 7.40. The van der Waals surface area contributed by atoms with E-state index in [2.05, 4.69) is 20.9 Å². The maximum absolute atomic E-state index is 4.26. The van der Waals surface area contributed by atoms with Crippen molar-refractivity contribution in [2.75, 3.05) is 5.33 Å². The van der Waals surface area contributed by atoms with Crippen molar-refractivity contribution in [3.63, 3.8) is 0 Å². The maximum Gasteiger partial charge on any atom is 0.116 e. The van der Waals surface area contributed by atoms with E-state index in [9.17, 15) is 0 Å². The van der Waals surface area contributed by atoms with E-state index in [1.165, 1.54) is 0 Å². The molecule has 0 bridgehead atoms. The fraction of sp³-hybridized carbons (Fsp3) is 0.286. The van der Waals surface area contributed by atoms with Crippen LogP contribution in [0.25, 0.3) is 6.08 Å². The monoisotopic (exact) mass is 217 g/mol. The summed E-state index contributed by atoms with van der Waals surface area (Å²) in [6.45, 7) is 2.00. The van der Waals surface area contributed by atoms with Crippen molar-refractivity contribution < 1.29 is 0 Å². The van der Waals surface area contributed by atoms with Gasteiger partial charge in [0.1, 0.15) is 5.01 Å². The first-order valence-electron chi connectivity index (χ1n) is 2.97. The summed E-state index contributed by atoms with van der Waals surface area (Å²) in [6.07, 6.45) is 4.06. The SMILES string of the molecule is Cc1csc(/C=C/CBr)n1. The van der Waals surface area contributed by atoms with Gasteiger partial charge in [-0.2, -0.15) is 0 Å². The zero-order valence-electron chi connectivity index (χ0n) is 5.67. The fourth-order valence-corrected chi connectivity index (χ4v) is 1.50. The van der Waals surface area contributed by atoms with Crippen molar-refractivity contribution in [3.8, 4) is 0 Å². The number of alkyl halides is 1. The van der Waals surface area contributed by atoms with E-state index >= 15 is 0 Å². The standard InChI is InChI=1S/C7H8BrNS/c1-6-5-10-7(9-6)3-2-4-8/h2-3,5H,4H2,1H3/b3-2+. The third-order valence-electron chi connectivity index (χ3n) is 0.986. The molecule has 0 unspecified atom stereocenters. The molecule has 3 heteroatoms. The molecule has 0 N–H and O–H groups in total. The van der Waals surface area contributed by atoms with Crippen LogP contribution in [0.5, 0.6) is 0 Å². The Morgan fingerprint density at radius 3 is 3.10 bits per heavy atom. The average molecular weight is 218 g/mol. The molecule has 0 amide bonds. The van der Waals surface area contributed by atoms with E-state index in [-0.39, 0.29) is 0 Å². The minimum atomic E-state index is 0.894. The molecular weight excluding hydrogens is 210 g/mol. The van der Waals surface area contributed by atoms with Gasteiger partial charge in [0, 0.05) is 16.4 Å². The molecule has 1 aromatic heterocycles. The van der Waals surface area contributed by atoms with Crippen LogP contribution in [0.3, 0.4) is 0 Å². The van der Waals surface area contributed by atoms with E-state index in [4.69, 9.17) is 0 Å². The number of nitrogens with zero attached hydrogens (tertiary/aromatic N) is 1. The second-order valence-electron chi connectivity index (χ2n) is 1.88. The molecule has 1 aromatic rings. The molecule has 0 saturated carbocycles. The van der Waals surface area contributed by atoms with Crippen molar-refractivity contribution >= 4 is 33.3 Å². The normalized spacial score (nSPS) is 11.0. The van der Waals surface area contributed by atoms with E-state index in [0.717, 1.165) is 16.0 Å². The van der Waals surface area contributed by atoms with E-state index in [0.29, 0.717) is 0 Å². The quantitative estimate of drug-likeness (QED) is 0.695. The van der Waals surface area contributed by atoms with Gasteiger partial charge in [-0.15, -0.1) is 11.3 Å². The van der Waals surface area contributed by atoms with Crippen LogP contribution in [0, 0.1) is 6.92 Å². The summed E-state index contributed by atoms with van der Waals surface area (Å²) < 4.78 is 0. The molecule has 0 aliphatic rings. The number of aryl methyl sites for hydroxylation is 1. The third kappa shape index (κ3) is 2.23. The fourth-order valence-electron chi connectivity index (χ4n) is 0.594. The molecule has 1 heterocycles. The van der Waals surface area contributed by atoms with Gasteiger partial charge in [0.2, 0.25) is 0 Å². The molecule has 10 heavy (non-hydrogen) atoms. The van der Waals surface area contributed by atoms with Crippen LogP contribution < -0.4 is 0 Å². The number of aromatic nitrogens is 1. The number of hydrogen-bond acceptors (Lipinski definition) is 2. The van der Waals surface area contributed by atoms with Gasteiger partial charge >= 0.3 is 0 Å². The van der Waals surface area contributed by atoms with Crippen molar-refractivity contribution in [1.29, 1.82) is 0 Å². The lowest BCUT2D eigenvalue weighted by molar-refractivity contribution is 1.25. The summed E-state index contributed by atoms with van der Waals surface area (Å²) in [4.78, 5) is 4.26. The van der Waals surface area contributed by atoms with Crippen LogP contribution in [-0.4, -0.2) is 10.3 Å². The first kappa shape index (κ1) is 7.95. The molecule has 0 fully saturated rings. The highest BCUT2D eigenvalue weighted by atomic mass is 79.9. The molecular formula is C7H8BrNS. The van der Waals surface area contributed by atoms with Crippen LogP contribution in [-0.2, 0) is 0 Å². The van der Waals surface area contributed by atoms with Gasteiger partial charge < -0.3 is 0 Å². The average Bonchev–Trinajstić information content (AvgIpc) is 2.31. The van der Waals surface area contributed by atoms with E-state index in [1.807, 2.05) is 24.5 Å². The Bertz CT molecular complexity index is 229. The Morgan fingerprint density at radius 1 is 1.80 bits per heavy atom. The minimum absolute atomic E-state index is 0.894. The predicted octanol–water partition coefficient (Wildman–Crippen LogP) is 2.86. The first-order chi connectivity index (χ1) is 4.83. The molecule has 0 aliphatic heterocycles. The summed E-state index contributed by atoms with van der Waals surface area (Å²) in [5, 5.41) is 4.02. The molecule has 0 spiro atoms. The van der Waals surface area contributed by atoms with Gasteiger partial charge in [0.05, 0.1) is 0 Å². The number of allylic oxidation sites excluding steroid dienone is 1. The van der Waals surface area contributed by atoms with Gasteiger partial charge in [0.15, 0.2) is 0 Å². The highest BCUT2D eigenvalue weighted by Gasteiger charge is 1.90. The lowest BCUT2D eigenvalue weighted by Gasteiger charge is -1.78. The largest absolute Gasteiger partial charge is 0.242 e. The van der Waals surface area contributed by atoms with Crippen LogP contribution >= 0.6 is 27.3 Å². The number of hydrogen-bond donors (Lipinski definition) is 0. The second-order valence-corrected chi connectivity index (χ2v) is 3.42. The first-order valence-corrected chi connectivity index (χ1v) is 4.97. The van der Waals surface area contributed by atoms with Gasteiger partial charge in [-0.3, -0.25) is 0 Å². The molecule has 0 aliphatic carbocycles. The van der Waals surface area contributed by atoms with E-state index < -0.39 is 0 Å². The van der Waals surface area contributed by atoms with Crippen molar-refractivity contribution in [2.45, 2.75) is 6.92 Å². The van der Waals surface area contributed by atoms with Crippen molar-refractivity contribution in [2.24, 2.45) is 0 Å². The smallest absolute Gasteiger partial charge is 0.116 e. The Kier molecular flexibility index (Phi) is 3.09. The number of rotatable bonds is 2. The van der Waals surface area contributed by atoms with Crippen LogP contribution in [0.4, 0.5) is 0 Å². The van der Waals surface area contributed by atoms with E-state index in [1.54, 1.807) is 11.3 Å². The van der Waals surface area contributed by atoms with Crippen LogP contribution in [0.15, 0.2) is 11.5 Å². The third-order valence-corrected chi connectivity index (χ3v) is 2.29. The summed E-state index contributed by atoms with van der Waals surface area (Å²) in [6, 6.07) is 0. The lowest BCUT2D eigenvalue weighted by Crippen LogP contribution is -1.70. The van der Waals surface area contributed by atoms with Gasteiger partial charge in [-0.05, 0) is 13.0 Å². The summed E-state index contributed by atoms with van der Waals surface area (Å²) >= 11 is 4.97. The zero-order valence-corrected chi connectivity index (χ0v) is 8.08. The summed E-state index contributed by atoms with van der Waals surface area (Å²) in [5.41, 5.74) is 1.10. The number of halogens is 1. The molecule has 54 valence electrons. The maximum atomic E-state index is 4.26. The summed E-state index contributed by atoms with van der Waals surface area (Å²) in [5.74, 6) is 0. The topological polar surface area (TPSA) is 12.9 Å². The lowest BCUT2D eigenvalue weighted by atomic mass is 10.5. The Hall–Kier alpha value is -0.150. The Labute approximate surface area is 72.9 Å². The van der Waals surface area contributed by atoms with Gasteiger partial charge in [-0.1, -0.05) is 22.0 Å². The Balaban J connectivity index is 2.67. The summed E-state index contributed by atoms with van der Waals surface area (Å²) in [7, 11) is 0. The van der Waals surface area contributed by atoms with Gasteiger partial charge in [0.25, 0.3) is 0 Å². The second kappa shape index (κ2) is 3.88. The van der Waals surface area contributed by atoms with Crippen molar-refractivity contribution in [3.05, 3.63) is 22.2 Å². The molecule has 0 saturated heterocycles. The molecule has 1 rings (SSSR count). The number of thiazole rings is 1. The van der Waals surface area contributed by atoms with Crippen molar-refractivity contribution in [1.82, 2.24) is 4.98 Å². The molecule has 0 aromatic carbocycles.